The molecule has 0 bridgehead atoms. The third-order valence-electron chi connectivity index (χ3n) is 5.31. The predicted octanol–water partition coefficient (Wildman–Crippen LogP) is 2.73. The van der Waals surface area contributed by atoms with E-state index in [2.05, 4.69) is 17.9 Å². The molecule has 144 valence electrons. The zero-order chi connectivity index (χ0) is 18.2. The average Bonchev–Trinajstić information content (AvgIpc) is 3.12. The monoisotopic (exact) mass is 360 g/mol. The second kappa shape index (κ2) is 9.93. The van der Waals surface area contributed by atoms with Crippen molar-refractivity contribution in [3.05, 3.63) is 29.8 Å². The van der Waals surface area contributed by atoms with Crippen LogP contribution in [0.2, 0.25) is 0 Å². The highest BCUT2D eigenvalue weighted by Gasteiger charge is 2.32. The molecular formula is C21H32N2O3. The minimum atomic E-state index is -0.358. The maximum Gasteiger partial charge on any atom is 0.264 e. The lowest BCUT2D eigenvalue weighted by Crippen LogP contribution is -2.47. The van der Waals surface area contributed by atoms with Gasteiger partial charge in [-0.15, -0.1) is 0 Å². The topological polar surface area (TPSA) is 42.0 Å². The number of hydrogen-bond acceptors (Lipinski definition) is 4. The number of nitrogens with zero attached hydrogens (tertiary/aromatic N) is 2. The van der Waals surface area contributed by atoms with E-state index in [1.807, 2.05) is 23.1 Å². The van der Waals surface area contributed by atoms with Gasteiger partial charge in [0.15, 0.2) is 6.10 Å². The Labute approximate surface area is 157 Å². The molecule has 0 spiro atoms. The highest BCUT2D eigenvalue weighted by molar-refractivity contribution is 5.82. The second-order valence-electron chi connectivity index (χ2n) is 7.26. The van der Waals surface area contributed by atoms with Crippen molar-refractivity contribution in [2.75, 3.05) is 45.9 Å². The van der Waals surface area contributed by atoms with E-state index >= 15 is 0 Å². The minimum Gasteiger partial charge on any atom is -0.480 e. The third kappa shape index (κ3) is 5.21. The first-order chi connectivity index (χ1) is 12.8. The number of unbranched alkanes of at least 4 members (excludes halogenated alkanes) is 3. The molecule has 5 heteroatoms. The van der Waals surface area contributed by atoms with Crippen molar-refractivity contribution in [3.63, 3.8) is 0 Å². The molecule has 0 N–H and O–H groups in total. The highest BCUT2D eigenvalue weighted by atomic mass is 16.5. The van der Waals surface area contributed by atoms with Crippen LogP contribution in [0.25, 0.3) is 0 Å². The van der Waals surface area contributed by atoms with Gasteiger partial charge in [-0.3, -0.25) is 9.69 Å². The van der Waals surface area contributed by atoms with E-state index in [-0.39, 0.29) is 12.0 Å². The Kier molecular flexibility index (Phi) is 7.32. The number of rotatable bonds is 9. The van der Waals surface area contributed by atoms with E-state index in [1.165, 1.54) is 19.3 Å². The van der Waals surface area contributed by atoms with Crippen molar-refractivity contribution in [2.45, 2.75) is 45.1 Å². The summed E-state index contributed by atoms with van der Waals surface area (Å²) in [5.74, 6) is 1.01. The Balaban J connectivity index is 1.55. The van der Waals surface area contributed by atoms with Crippen LogP contribution in [-0.2, 0) is 16.0 Å². The molecule has 2 aliphatic heterocycles. The van der Waals surface area contributed by atoms with Gasteiger partial charge in [0, 0.05) is 39.1 Å². The average molecular weight is 360 g/mol. The van der Waals surface area contributed by atoms with E-state index in [1.54, 1.807) is 0 Å². The summed E-state index contributed by atoms with van der Waals surface area (Å²) in [5, 5.41) is 0. The van der Waals surface area contributed by atoms with Gasteiger partial charge in [0.1, 0.15) is 5.75 Å². The molecule has 2 heterocycles. The van der Waals surface area contributed by atoms with Crippen LogP contribution in [0.5, 0.6) is 5.75 Å². The highest BCUT2D eigenvalue weighted by Crippen LogP contribution is 2.29. The second-order valence-corrected chi connectivity index (χ2v) is 7.26. The standard InChI is InChI=1S/C21H32N2O3/c1-2-3-4-7-10-23(12-11-22-13-15-25-16-14-22)21(24)20-17-18-8-5-6-9-19(18)26-20/h5-6,8-9,20H,2-4,7,10-17H2,1H3. The number of ether oxygens (including phenoxy) is 2. The van der Waals surface area contributed by atoms with Crippen LogP contribution in [0, 0.1) is 0 Å². The molecule has 1 saturated heterocycles. The summed E-state index contributed by atoms with van der Waals surface area (Å²) in [6, 6.07) is 7.99. The quantitative estimate of drug-likeness (QED) is 0.635. The Morgan fingerprint density at radius 3 is 2.73 bits per heavy atom. The molecule has 1 unspecified atom stereocenters. The molecule has 1 fully saturated rings. The number of hydrogen-bond donors (Lipinski definition) is 0. The fourth-order valence-electron chi connectivity index (χ4n) is 3.67. The van der Waals surface area contributed by atoms with Crippen LogP contribution >= 0.6 is 0 Å². The predicted molar refractivity (Wildman–Crippen MR) is 103 cm³/mol. The number of benzene rings is 1. The molecule has 1 aromatic rings. The first-order valence-corrected chi connectivity index (χ1v) is 10.1. The first-order valence-electron chi connectivity index (χ1n) is 10.1. The number of carbonyl (C=O) groups is 1. The maximum atomic E-state index is 13.1. The molecule has 1 atom stereocenters. The van der Waals surface area contributed by atoms with Gasteiger partial charge in [-0.05, 0) is 18.1 Å². The number of para-hydroxylation sites is 1. The molecule has 2 aliphatic rings. The van der Waals surface area contributed by atoms with Crippen LogP contribution < -0.4 is 4.74 Å². The molecule has 1 amide bonds. The smallest absolute Gasteiger partial charge is 0.264 e. The lowest BCUT2D eigenvalue weighted by molar-refractivity contribution is -0.138. The lowest BCUT2D eigenvalue weighted by atomic mass is 10.1. The lowest BCUT2D eigenvalue weighted by Gasteiger charge is -2.31. The fourth-order valence-corrected chi connectivity index (χ4v) is 3.67. The summed E-state index contributed by atoms with van der Waals surface area (Å²) in [5.41, 5.74) is 1.14. The van der Waals surface area contributed by atoms with E-state index in [9.17, 15) is 4.79 Å². The van der Waals surface area contributed by atoms with Gasteiger partial charge < -0.3 is 14.4 Å². The fraction of sp³-hybridized carbons (Fsp3) is 0.667. The Bertz CT molecular complexity index is 547. The van der Waals surface area contributed by atoms with Crippen LogP contribution in [0.4, 0.5) is 0 Å². The molecule has 5 nitrogen and oxygen atoms in total. The summed E-state index contributed by atoms with van der Waals surface area (Å²) in [6.07, 6.45) is 5.03. The van der Waals surface area contributed by atoms with Crippen molar-refractivity contribution in [2.24, 2.45) is 0 Å². The zero-order valence-corrected chi connectivity index (χ0v) is 16.0. The van der Waals surface area contributed by atoms with Gasteiger partial charge in [0.25, 0.3) is 5.91 Å². The minimum absolute atomic E-state index is 0.144. The number of amides is 1. The Morgan fingerprint density at radius 2 is 1.96 bits per heavy atom. The van der Waals surface area contributed by atoms with E-state index in [0.29, 0.717) is 6.42 Å². The molecule has 0 aliphatic carbocycles. The SMILES string of the molecule is CCCCCCN(CCN1CCOCC1)C(=O)C1Cc2ccccc2O1. The summed E-state index contributed by atoms with van der Waals surface area (Å²) in [4.78, 5) is 17.5. The van der Waals surface area contributed by atoms with Crippen molar-refractivity contribution in [3.8, 4) is 5.75 Å². The summed E-state index contributed by atoms with van der Waals surface area (Å²) in [7, 11) is 0. The number of carbonyl (C=O) groups excluding carboxylic acids is 1. The van der Waals surface area contributed by atoms with Crippen molar-refractivity contribution >= 4 is 5.91 Å². The van der Waals surface area contributed by atoms with Gasteiger partial charge in [-0.2, -0.15) is 0 Å². The van der Waals surface area contributed by atoms with Gasteiger partial charge >= 0.3 is 0 Å². The number of morpholine rings is 1. The van der Waals surface area contributed by atoms with Crippen LogP contribution in [0.3, 0.4) is 0 Å². The largest absolute Gasteiger partial charge is 0.480 e. The summed E-state index contributed by atoms with van der Waals surface area (Å²) in [6.45, 7) is 8.26. The van der Waals surface area contributed by atoms with Crippen molar-refractivity contribution < 1.29 is 14.3 Å². The van der Waals surface area contributed by atoms with E-state index in [0.717, 1.165) is 63.7 Å². The first kappa shape index (κ1) is 19.2. The molecule has 0 radical (unpaired) electrons. The maximum absolute atomic E-state index is 13.1. The molecule has 3 rings (SSSR count). The van der Waals surface area contributed by atoms with Crippen molar-refractivity contribution in [1.29, 1.82) is 0 Å². The van der Waals surface area contributed by atoms with Crippen molar-refractivity contribution in [1.82, 2.24) is 9.80 Å². The number of fused-ring (bicyclic) bond motifs is 1. The van der Waals surface area contributed by atoms with E-state index in [4.69, 9.17) is 9.47 Å². The van der Waals surface area contributed by atoms with E-state index < -0.39 is 0 Å². The van der Waals surface area contributed by atoms with Crippen LogP contribution in [0.1, 0.15) is 38.2 Å². The van der Waals surface area contributed by atoms with Crippen LogP contribution in [-0.4, -0.2) is 67.7 Å². The van der Waals surface area contributed by atoms with Gasteiger partial charge in [0.05, 0.1) is 13.2 Å². The Morgan fingerprint density at radius 1 is 1.15 bits per heavy atom. The van der Waals surface area contributed by atoms with Gasteiger partial charge in [0.2, 0.25) is 0 Å². The molecule has 0 aromatic heterocycles. The summed E-state index contributed by atoms with van der Waals surface area (Å²) >= 11 is 0. The molecular weight excluding hydrogens is 328 g/mol. The van der Waals surface area contributed by atoms with Gasteiger partial charge in [-0.1, -0.05) is 44.4 Å². The molecule has 26 heavy (non-hydrogen) atoms. The summed E-state index contributed by atoms with van der Waals surface area (Å²) < 4.78 is 11.4. The van der Waals surface area contributed by atoms with Gasteiger partial charge in [-0.25, -0.2) is 0 Å². The third-order valence-corrected chi connectivity index (χ3v) is 5.31. The normalized spacial score (nSPS) is 19.8. The zero-order valence-electron chi connectivity index (χ0n) is 16.0. The molecule has 0 saturated carbocycles. The van der Waals surface area contributed by atoms with Crippen LogP contribution in [0.15, 0.2) is 24.3 Å². The molecule has 1 aromatic carbocycles. The Hall–Kier alpha value is -1.59.